The normalized spacial score (nSPS) is 10.5. The molecule has 0 saturated carbocycles. The summed E-state index contributed by atoms with van der Waals surface area (Å²) in [6, 6.07) is 10.0. The Bertz CT molecular complexity index is 465. The molecule has 17 heavy (non-hydrogen) atoms. The lowest BCUT2D eigenvalue weighted by atomic mass is 10.3. The third kappa shape index (κ3) is 3.07. The van der Waals surface area contributed by atoms with E-state index < -0.39 is 0 Å². The van der Waals surface area contributed by atoms with Crippen LogP contribution in [0.1, 0.15) is 5.69 Å². The first-order valence-electron chi connectivity index (χ1n) is 5.64. The molecule has 2 aromatic rings. The van der Waals surface area contributed by atoms with Crippen LogP contribution < -0.4 is 5.32 Å². The molecule has 0 aliphatic heterocycles. The predicted octanol–water partition coefficient (Wildman–Crippen LogP) is 2.58. The van der Waals surface area contributed by atoms with Crippen molar-refractivity contribution in [3.05, 3.63) is 42.2 Å². The van der Waals surface area contributed by atoms with E-state index in [9.17, 15) is 0 Å². The van der Waals surface area contributed by atoms with Gasteiger partial charge in [-0.2, -0.15) is 0 Å². The van der Waals surface area contributed by atoms with Crippen LogP contribution in [0.15, 0.2) is 36.5 Å². The molecule has 1 aromatic carbocycles. The SMILES string of the molecule is COCCn1cc(C)nc1Nc1ccccc1. The van der Waals surface area contributed by atoms with Crippen molar-refractivity contribution in [2.75, 3.05) is 19.0 Å². The second kappa shape index (κ2) is 5.50. The van der Waals surface area contributed by atoms with Crippen LogP contribution in [-0.4, -0.2) is 23.3 Å². The van der Waals surface area contributed by atoms with Crippen LogP contribution in [0.4, 0.5) is 11.6 Å². The fourth-order valence-electron chi connectivity index (χ4n) is 1.66. The number of aromatic nitrogens is 2. The van der Waals surface area contributed by atoms with Gasteiger partial charge in [0.2, 0.25) is 5.95 Å². The molecule has 0 spiro atoms. The lowest BCUT2D eigenvalue weighted by Crippen LogP contribution is -2.07. The molecule has 4 nitrogen and oxygen atoms in total. The van der Waals surface area contributed by atoms with E-state index in [1.54, 1.807) is 7.11 Å². The zero-order valence-electron chi connectivity index (χ0n) is 10.2. The number of methoxy groups -OCH3 is 1. The van der Waals surface area contributed by atoms with Gasteiger partial charge in [0.05, 0.1) is 12.3 Å². The van der Waals surface area contributed by atoms with E-state index in [4.69, 9.17) is 4.74 Å². The van der Waals surface area contributed by atoms with E-state index in [0.717, 1.165) is 23.9 Å². The highest BCUT2D eigenvalue weighted by atomic mass is 16.5. The molecule has 2 rings (SSSR count). The number of rotatable bonds is 5. The Kier molecular flexibility index (Phi) is 3.77. The lowest BCUT2D eigenvalue weighted by molar-refractivity contribution is 0.188. The first-order chi connectivity index (χ1) is 8.29. The van der Waals surface area contributed by atoms with E-state index in [0.29, 0.717) is 6.61 Å². The van der Waals surface area contributed by atoms with E-state index in [2.05, 4.69) is 14.9 Å². The van der Waals surface area contributed by atoms with Crippen molar-refractivity contribution in [3.8, 4) is 0 Å². The third-order valence-corrected chi connectivity index (χ3v) is 2.46. The lowest BCUT2D eigenvalue weighted by Gasteiger charge is -2.08. The number of ether oxygens (including phenoxy) is 1. The van der Waals surface area contributed by atoms with Crippen molar-refractivity contribution in [2.24, 2.45) is 0 Å². The van der Waals surface area contributed by atoms with Gasteiger partial charge < -0.3 is 14.6 Å². The van der Waals surface area contributed by atoms with Crippen LogP contribution in [0.5, 0.6) is 0 Å². The van der Waals surface area contributed by atoms with Crippen LogP contribution >= 0.6 is 0 Å². The number of benzene rings is 1. The van der Waals surface area contributed by atoms with E-state index in [-0.39, 0.29) is 0 Å². The zero-order chi connectivity index (χ0) is 12.1. The number of hydrogen-bond acceptors (Lipinski definition) is 3. The summed E-state index contributed by atoms with van der Waals surface area (Å²) in [6.45, 7) is 3.46. The van der Waals surface area contributed by atoms with Gasteiger partial charge in [0, 0.05) is 25.5 Å². The van der Waals surface area contributed by atoms with Gasteiger partial charge in [-0.3, -0.25) is 0 Å². The fourth-order valence-corrected chi connectivity index (χ4v) is 1.66. The average molecular weight is 231 g/mol. The molecule has 0 bridgehead atoms. The number of nitrogens with one attached hydrogen (secondary N) is 1. The number of nitrogens with zero attached hydrogens (tertiary/aromatic N) is 2. The minimum atomic E-state index is 0.680. The van der Waals surface area contributed by atoms with Gasteiger partial charge in [-0.15, -0.1) is 0 Å². The van der Waals surface area contributed by atoms with Gasteiger partial charge in [-0.1, -0.05) is 18.2 Å². The van der Waals surface area contributed by atoms with Gasteiger partial charge in [0.25, 0.3) is 0 Å². The number of imidazole rings is 1. The minimum Gasteiger partial charge on any atom is -0.383 e. The Hall–Kier alpha value is -1.81. The summed E-state index contributed by atoms with van der Waals surface area (Å²) >= 11 is 0. The Morgan fingerprint density at radius 2 is 2.06 bits per heavy atom. The average Bonchev–Trinajstić information content (AvgIpc) is 2.68. The number of hydrogen-bond donors (Lipinski definition) is 1. The number of anilines is 2. The fraction of sp³-hybridized carbons (Fsp3) is 0.308. The molecule has 0 amide bonds. The molecule has 1 N–H and O–H groups in total. The van der Waals surface area contributed by atoms with Crippen LogP contribution in [-0.2, 0) is 11.3 Å². The second-order valence-corrected chi connectivity index (χ2v) is 3.88. The Balaban J connectivity index is 2.14. The van der Waals surface area contributed by atoms with Gasteiger partial charge in [-0.25, -0.2) is 4.98 Å². The summed E-state index contributed by atoms with van der Waals surface area (Å²) in [5.74, 6) is 0.853. The molecule has 0 atom stereocenters. The second-order valence-electron chi connectivity index (χ2n) is 3.88. The molecule has 0 aliphatic rings. The molecular formula is C13H17N3O. The molecule has 0 radical (unpaired) electrons. The molecule has 0 unspecified atom stereocenters. The first kappa shape index (κ1) is 11.7. The summed E-state index contributed by atoms with van der Waals surface area (Å²) in [7, 11) is 1.70. The highest BCUT2D eigenvalue weighted by Gasteiger charge is 2.05. The van der Waals surface area contributed by atoms with Crippen molar-refractivity contribution in [1.29, 1.82) is 0 Å². The highest BCUT2D eigenvalue weighted by molar-refractivity contribution is 5.53. The molecular weight excluding hydrogens is 214 g/mol. The molecule has 0 aliphatic carbocycles. The van der Waals surface area contributed by atoms with Crippen LogP contribution in [0.2, 0.25) is 0 Å². The Morgan fingerprint density at radius 1 is 1.29 bits per heavy atom. The molecule has 90 valence electrons. The number of aryl methyl sites for hydroxylation is 1. The minimum absolute atomic E-state index is 0.680. The summed E-state index contributed by atoms with van der Waals surface area (Å²) in [4.78, 5) is 4.46. The molecule has 0 fully saturated rings. The van der Waals surface area contributed by atoms with Gasteiger partial charge in [0.1, 0.15) is 0 Å². The third-order valence-electron chi connectivity index (χ3n) is 2.46. The monoisotopic (exact) mass is 231 g/mol. The van der Waals surface area contributed by atoms with Crippen molar-refractivity contribution >= 4 is 11.6 Å². The van der Waals surface area contributed by atoms with Gasteiger partial charge in [-0.05, 0) is 19.1 Å². The van der Waals surface area contributed by atoms with Gasteiger partial charge >= 0.3 is 0 Å². The molecule has 0 saturated heterocycles. The quantitative estimate of drug-likeness (QED) is 0.859. The van der Waals surface area contributed by atoms with E-state index >= 15 is 0 Å². The molecule has 1 aromatic heterocycles. The van der Waals surface area contributed by atoms with Crippen LogP contribution in [0, 0.1) is 6.92 Å². The molecule has 1 heterocycles. The van der Waals surface area contributed by atoms with Crippen molar-refractivity contribution in [1.82, 2.24) is 9.55 Å². The van der Waals surface area contributed by atoms with Crippen molar-refractivity contribution in [2.45, 2.75) is 13.5 Å². The maximum Gasteiger partial charge on any atom is 0.207 e. The highest BCUT2D eigenvalue weighted by Crippen LogP contribution is 2.15. The Labute approximate surface area is 101 Å². The summed E-state index contributed by atoms with van der Waals surface area (Å²) in [6.07, 6.45) is 2.02. The van der Waals surface area contributed by atoms with Crippen molar-refractivity contribution in [3.63, 3.8) is 0 Å². The largest absolute Gasteiger partial charge is 0.383 e. The summed E-state index contributed by atoms with van der Waals surface area (Å²) < 4.78 is 7.15. The first-order valence-corrected chi connectivity index (χ1v) is 5.64. The van der Waals surface area contributed by atoms with Crippen molar-refractivity contribution < 1.29 is 4.74 Å². The van der Waals surface area contributed by atoms with E-state index in [1.807, 2.05) is 43.5 Å². The van der Waals surface area contributed by atoms with Gasteiger partial charge in [0.15, 0.2) is 0 Å². The van der Waals surface area contributed by atoms with Crippen LogP contribution in [0.3, 0.4) is 0 Å². The smallest absolute Gasteiger partial charge is 0.207 e. The summed E-state index contributed by atoms with van der Waals surface area (Å²) in [5, 5.41) is 3.30. The van der Waals surface area contributed by atoms with E-state index in [1.165, 1.54) is 0 Å². The predicted molar refractivity (Wildman–Crippen MR) is 68.6 cm³/mol. The van der Waals surface area contributed by atoms with Crippen LogP contribution in [0.25, 0.3) is 0 Å². The maximum absolute atomic E-state index is 5.08. The topological polar surface area (TPSA) is 39.1 Å². The zero-order valence-corrected chi connectivity index (χ0v) is 10.2. The molecule has 4 heteroatoms. The maximum atomic E-state index is 5.08. The number of para-hydroxylation sites is 1. The Morgan fingerprint density at radius 3 is 2.76 bits per heavy atom. The summed E-state index contributed by atoms with van der Waals surface area (Å²) in [5.41, 5.74) is 2.04. The standard InChI is InChI=1S/C13H17N3O/c1-11-10-16(8-9-17-2)13(14-11)15-12-6-4-3-5-7-12/h3-7,10H,8-9H2,1-2H3,(H,14,15).